The first-order valence-electron chi connectivity index (χ1n) is 11.9. The maximum absolute atomic E-state index is 15.2. The Hall–Kier alpha value is -4.18. The molecule has 9 nitrogen and oxygen atoms in total. The van der Waals surface area contributed by atoms with Crippen LogP contribution in [-0.2, 0) is 14.2 Å². The highest BCUT2D eigenvalue weighted by molar-refractivity contribution is 5.95. The van der Waals surface area contributed by atoms with E-state index in [1.165, 1.54) is 19.4 Å². The van der Waals surface area contributed by atoms with Crippen molar-refractivity contribution in [2.24, 2.45) is 0 Å². The summed E-state index contributed by atoms with van der Waals surface area (Å²) in [6, 6.07) is 9.32. The fraction of sp³-hybridized carbons (Fsp3) is 0.321. The van der Waals surface area contributed by atoms with Crippen molar-refractivity contribution >= 4 is 28.5 Å². The van der Waals surface area contributed by atoms with E-state index >= 15 is 4.39 Å². The molecule has 1 heterocycles. The van der Waals surface area contributed by atoms with E-state index in [1.54, 1.807) is 56.5 Å². The Balaban J connectivity index is 2.10. The third-order valence-corrected chi connectivity index (χ3v) is 5.27. The number of nitrogens with one attached hydrogen (secondary N) is 1. The number of benzene rings is 2. The first kappa shape index (κ1) is 28.4. The average Bonchev–Trinajstić information content (AvgIpc) is 2.85. The number of carbonyl (C=O) groups excluding carboxylic acids is 2. The van der Waals surface area contributed by atoms with Crippen molar-refractivity contribution in [1.29, 1.82) is 0 Å². The first-order chi connectivity index (χ1) is 17.9. The lowest BCUT2D eigenvalue weighted by Gasteiger charge is -2.20. The van der Waals surface area contributed by atoms with Crippen LogP contribution in [0.1, 0.15) is 43.6 Å². The summed E-state index contributed by atoms with van der Waals surface area (Å²) in [4.78, 5) is 37.8. The van der Waals surface area contributed by atoms with Crippen molar-refractivity contribution in [2.75, 3.05) is 27.1 Å². The Morgan fingerprint density at radius 3 is 2.39 bits per heavy atom. The van der Waals surface area contributed by atoms with Gasteiger partial charge < -0.3 is 28.8 Å². The molecule has 0 atom stereocenters. The van der Waals surface area contributed by atoms with Crippen LogP contribution in [0.5, 0.6) is 5.75 Å². The maximum atomic E-state index is 15.2. The topological polar surface area (TPSA) is 105 Å². The maximum Gasteiger partial charge on any atom is 0.407 e. The highest BCUT2D eigenvalue weighted by atomic mass is 19.1. The van der Waals surface area contributed by atoms with E-state index in [9.17, 15) is 14.4 Å². The Kier molecular flexibility index (Phi) is 8.90. The molecule has 0 unspecified atom stereocenters. The zero-order chi connectivity index (χ0) is 28.0. The van der Waals surface area contributed by atoms with Crippen molar-refractivity contribution in [1.82, 2.24) is 9.88 Å². The van der Waals surface area contributed by atoms with Crippen LogP contribution in [0.4, 0.5) is 9.18 Å². The predicted molar refractivity (Wildman–Crippen MR) is 141 cm³/mol. The summed E-state index contributed by atoms with van der Waals surface area (Å²) in [5.41, 5.74) is -0.369. The van der Waals surface area contributed by atoms with Gasteiger partial charge in [0.25, 0.3) is 0 Å². The third-order valence-electron chi connectivity index (χ3n) is 5.27. The number of rotatable bonds is 9. The van der Waals surface area contributed by atoms with Gasteiger partial charge in [-0.1, -0.05) is 6.58 Å². The molecule has 0 spiro atoms. The van der Waals surface area contributed by atoms with Gasteiger partial charge in [-0.2, -0.15) is 0 Å². The molecule has 0 bridgehead atoms. The number of hydrogen-bond donors (Lipinski definition) is 1. The minimum absolute atomic E-state index is 0.0237. The molecule has 38 heavy (non-hydrogen) atoms. The summed E-state index contributed by atoms with van der Waals surface area (Å²) < 4.78 is 37.4. The molecule has 2 aromatic carbocycles. The number of methoxy groups -OCH3 is 1. The fourth-order valence-corrected chi connectivity index (χ4v) is 3.60. The lowest BCUT2D eigenvalue weighted by Crippen LogP contribution is -2.33. The van der Waals surface area contributed by atoms with E-state index in [4.69, 9.17) is 18.9 Å². The van der Waals surface area contributed by atoms with Crippen molar-refractivity contribution in [2.45, 2.75) is 33.3 Å². The number of amides is 1. The summed E-state index contributed by atoms with van der Waals surface area (Å²) in [5.74, 6) is -1.01. The molecule has 0 aliphatic rings. The van der Waals surface area contributed by atoms with Crippen molar-refractivity contribution in [3.05, 3.63) is 76.3 Å². The second kappa shape index (κ2) is 11.9. The molecular weight excluding hydrogens is 495 g/mol. The SMILES string of the molecule is C=C(CNC(=O)OC(C)(C)C)c1cc2c(cc1F)c(=O)c(C(=O)OCC)cn2-c1ccc(OCOC)cc1. The van der Waals surface area contributed by atoms with Gasteiger partial charge in [0.05, 0.1) is 12.1 Å². The van der Waals surface area contributed by atoms with Crippen LogP contribution in [0.25, 0.3) is 22.2 Å². The van der Waals surface area contributed by atoms with Crippen LogP contribution in [-0.4, -0.2) is 49.3 Å². The molecule has 1 amide bonds. The van der Waals surface area contributed by atoms with Crippen molar-refractivity contribution < 1.29 is 32.9 Å². The molecule has 1 aromatic heterocycles. The number of hydrogen-bond acceptors (Lipinski definition) is 7. The molecule has 3 aromatic rings. The number of pyridine rings is 1. The van der Waals surface area contributed by atoms with Crippen LogP contribution >= 0.6 is 0 Å². The van der Waals surface area contributed by atoms with Crippen molar-refractivity contribution in [3.8, 4) is 11.4 Å². The summed E-state index contributed by atoms with van der Waals surface area (Å²) >= 11 is 0. The number of nitrogens with zero attached hydrogens (tertiary/aromatic N) is 1. The molecule has 0 aliphatic carbocycles. The number of ether oxygens (including phenoxy) is 4. The van der Waals surface area contributed by atoms with Crippen molar-refractivity contribution in [3.63, 3.8) is 0 Å². The van der Waals surface area contributed by atoms with Crippen LogP contribution < -0.4 is 15.5 Å². The quantitative estimate of drug-likeness (QED) is 0.315. The number of fused-ring (bicyclic) bond motifs is 1. The Bertz CT molecular complexity index is 1410. The minimum Gasteiger partial charge on any atom is -0.468 e. The third kappa shape index (κ3) is 6.77. The molecule has 10 heteroatoms. The number of aromatic nitrogens is 1. The Morgan fingerprint density at radius 1 is 1.11 bits per heavy atom. The number of alkyl carbamates (subject to hydrolysis) is 1. The lowest BCUT2D eigenvalue weighted by molar-refractivity contribution is 0.0510. The summed E-state index contributed by atoms with van der Waals surface area (Å²) in [6.45, 7) is 10.7. The number of esters is 1. The summed E-state index contributed by atoms with van der Waals surface area (Å²) in [6.07, 6.45) is 0.684. The summed E-state index contributed by atoms with van der Waals surface area (Å²) in [7, 11) is 1.51. The van der Waals surface area contributed by atoms with E-state index in [2.05, 4.69) is 11.9 Å². The van der Waals surface area contributed by atoms with E-state index in [0.717, 1.165) is 6.07 Å². The normalized spacial score (nSPS) is 11.2. The molecule has 202 valence electrons. The molecule has 0 fully saturated rings. The zero-order valence-electron chi connectivity index (χ0n) is 22.1. The molecule has 0 radical (unpaired) electrons. The minimum atomic E-state index is -0.816. The van der Waals surface area contributed by atoms with E-state index < -0.39 is 28.9 Å². The number of carbonyl (C=O) groups is 2. The molecule has 1 N–H and O–H groups in total. The molecular formula is C28H31FN2O7. The van der Waals surface area contributed by atoms with Crippen LogP contribution in [0, 0.1) is 5.82 Å². The standard InChI is InChI=1S/C28H31FN2O7/c1-7-36-26(33)22-15-31(18-8-10-19(11-9-18)37-16-35-6)24-13-20(23(29)12-21(24)25(22)32)17(2)14-30-27(34)38-28(3,4)5/h8-13,15H,2,7,14,16H2,1,3-6H3,(H,30,34). The van der Waals surface area contributed by atoms with Gasteiger partial charge in [0.2, 0.25) is 5.43 Å². The highest BCUT2D eigenvalue weighted by Crippen LogP contribution is 2.26. The lowest BCUT2D eigenvalue weighted by atomic mass is 10.0. The number of halogens is 1. The van der Waals surface area contributed by atoms with Gasteiger partial charge in [-0.05, 0) is 69.7 Å². The van der Waals surface area contributed by atoms with Crippen LogP contribution in [0.15, 0.2) is 54.0 Å². The fourth-order valence-electron chi connectivity index (χ4n) is 3.60. The molecule has 3 rings (SSSR count). The van der Waals surface area contributed by atoms with E-state index in [1.807, 2.05) is 0 Å². The highest BCUT2D eigenvalue weighted by Gasteiger charge is 2.21. The first-order valence-corrected chi connectivity index (χ1v) is 11.9. The van der Waals surface area contributed by atoms with Crippen LogP contribution in [0.2, 0.25) is 0 Å². The largest absolute Gasteiger partial charge is 0.468 e. The molecule has 0 saturated heterocycles. The monoisotopic (exact) mass is 526 g/mol. The smallest absolute Gasteiger partial charge is 0.407 e. The van der Waals surface area contributed by atoms with Gasteiger partial charge in [0, 0.05) is 36.5 Å². The second-order valence-corrected chi connectivity index (χ2v) is 9.32. The Labute approximate surface area is 219 Å². The van der Waals surface area contributed by atoms with Gasteiger partial charge in [0.15, 0.2) is 6.79 Å². The Morgan fingerprint density at radius 2 is 1.79 bits per heavy atom. The molecule has 0 aliphatic heterocycles. The van der Waals surface area contributed by atoms with Gasteiger partial charge in [-0.3, -0.25) is 4.79 Å². The zero-order valence-corrected chi connectivity index (χ0v) is 22.1. The predicted octanol–water partition coefficient (Wildman–Crippen LogP) is 4.83. The average molecular weight is 527 g/mol. The van der Waals surface area contributed by atoms with Gasteiger partial charge in [-0.15, -0.1) is 0 Å². The summed E-state index contributed by atoms with van der Waals surface area (Å²) in [5, 5.41) is 2.53. The van der Waals surface area contributed by atoms with Gasteiger partial charge in [-0.25, -0.2) is 14.0 Å². The van der Waals surface area contributed by atoms with Crippen LogP contribution in [0.3, 0.4) is 0 Å². The molecule has 0 saturated carbocycles. The van der Waals surface area contributed by atoms with E-state index in [0.29, 0.717) is 17.0 Å². The second-order valence-electron chi connectivity index (χ2n) is 9.32. The van der Waals surface area contributed by atoms with Gasteiger partial charge in [0.1, 0.15) is 22.7 Å². The van der Waals surface area contributed by atoms with E-state index in [-0.39, 0.29) is 42.0 Å². The van der Waals surface area contributed by atoms with Gasteiger partial charge >= 0.3 is 12.1 Å².